The zero-order chi connectivity index (χ0) is 15.0. The minimum atomic E-state index is -3.79. The second-order valence-corrected chi connectivity index (χ2v) is 9.07. The number of rotatable bonds is 4. The molecule has 0 saturated carbocycles. The summed E-state index contributed by atoms with van der Waals surface area (Å²) in [4.78, 5) is 0. The van der Waals surface area contributed by atoms with E-state index >= 15 is 0 Å². The first kappa shape index (κ1) is 15.2. The zero-order valence-corrected chi connectivity index (χ0v) is 14.4. The van der Waals surface area contributed by atoms with E-state index in [0.29, 0.717) is 14.7 Å². The Balaban J connectivity index is 1.79. The molecule has 1 saturated heterocycles. The van der Waals surface area contributed by atoms with Gasteiger partial charge in [0.2, 0.25) is 5.89 Å². The summed E-state index contributed by atoms with van der Waals surface area (Å²) in [7, 11) is -3.79. The predicted molar refractivity (Wildman–Crippen MR) is 82.1 cm³/mol. The Morgan fingerprint density at radius 2 is 2.33 bits per heavy atom. The number of halogens is 2. The molecule has 1 atom stereocenters. The van der Waals surface area contributed by atoms with Gasteiger partial charge in [-0.3, -0.25) is 0 Å². The quantitative estimate of drug-likeness (QED) is 0.800. The lowest BCUT2D eigenvalue weighted by Crippen LogP contribution is -2.13. The molecule has 1 aliphatic heterocycles. The Morgan fingerprint density at radius 3 is 2.95 bits per heavy atom. The first-order valence-corrected chi connectivity index (χ1v) is 9.47. The van der Waals surface area contributed by atoms with Crippen LogP contribution < -0.4 is 10.0 Å². The molecule has 0 aliphatic carbocycles. The first-order chi connectivity index (χ1) is 9.95. The molecular weight excluding hydrogens is 404 g/mol. The fourth-order valence-electron chi connectivity index (χ4n) is 1.94. The number of anilines is 1. The maximum Gasteiger partial charge on any atom is 0.329 e. The van der Waals surface area contributed by atoms with Crippen LogP contribution in [0.4, 0.5) is 6.01 Å². The highest BCUT2D eigenvalue weighted by atomic mass is 79.9. The van der Waals surface area contributed by atoms with E-state index in [1.165, 1.54) is 6.07 Å². The maximum absolute atomic E-state index is 12.2. The van der Waals surface area contributed by atoms with Gasteiger partial charge in [0.05, 0.1) is 14.9 Å². The minimum Gasteiger partial charge on any atom is -0.406 e. The molecule has 1 unspecified atom stereocenters. The summed E-state index contributed by atoms with van der Waals surface area (Å²) >= 11 is 10.0. The van der Waals surface area contributed by atoms with Gasteiger partial charge in [-0.05, 0) is 41.4 Å². The lowest BCUT2D eigenvalue weighted by Gasteiger charge is -2.03. The van der Waals surface area contributed by atoms with E-state index in [0.717, 1.165) is 30.7 Å². The van der Waals surface area contributed by atoms with E-state index in [2.05, 4.69) is 36.2 Å². The summed E-state index contributed by atoms with van der Waals surface area (Å²) < 4.78 is 32.6. The number of nitrogens with zero attached hydrogens (tertiary/aromatic N) is 2. The van der Waals surface area contributed by atoms with Gasteiger partial charge in [0.25, 0.3) is 10.0 Å². The number of nitrogens with one attached hydrogen (secondary N) is 2. The van der Waals surface area contributed by atoms with Gasteiger partial charge in [-0.25, -0.2) is 13.1 Å². The van der Waals surface area contributed by atoms with E-state index in [1.54, 1.807) is 0 Å². The van der Waals surface area contributed by atoms with Gasteiger partial charge >= 0.3 is 6.01 Å². The molecule has 0 spiro atoms. The van der Waals surface area contributed by atoms with E-state index in [1.807, 2.05) is 0 Å². The van der Waals surface area contributed by atoms with Crippen LogP contribution in [-0.2, 0) is 10.0 Å². The van der Waals surface area contributed by atoms with Crippen molar-refractivity contribution in [3.8, 4) is 0 Å². The average Bonchev–Trinajstić information content (AvgIpc) is 3.11. The number of aromatic nitrogens is 2. The molecule has 2 aromatic heterocycles. The number of sulfonamides is 1. The lowest BCUT2D eigenvalue weighted by molar-refractivity contribution is 0.439. The van der Waals surface area contributed by atoms with Crippen molar-refractivity contribution in [3.63, 3.8) is 0 Å². The van der Waals surface area contributed by atoms with Crippen molar-refractivity contribution in [1.82, 2.24) is 15.5 Å². The SMILES string of the molecule is O=S(=O)(Nc1nnc(C2CCCN2)o1)c1cc(Cl)c(Br)s1. The van der Waals surface area contributed by atoms with Crippen LogP contribution in [-0.4, -0.2) is 25.2 Å². The lowest BCUT2D eigenvalue weighted by atomic mass is 10.2. The highest BCUT2D eigenvalue weighted by Crippen LogP contribution is 2.35. The van der Waals surface area contributed by atoms with Gasteiger partial charge in [0.1, 0.15) is 4.21 Å². The van der Waals surface area contributed by atoms with Gasteiger partial charge in [-0.2, -0.15) is 0 Å². The molecule has 21 heavy (non-hydrogen) atoms. The second kappa shape index (κ2) is 5.84. The Labute approximate surface area is 138 Å². The summed E-state index contributed by atoms with van der Waals surface area (Å²) in [6, 6.07) is 1.19. The van der Waals surface area contributed by atoms with Crippen LogP contribution in [0.2, 0.25) is 5.02 Å². The minimum absolute atomic E-state index is 0.0129. The van der Waals surface area contributed by atoms with Crippen LogP contribution in [0.25, 0.3) is 0 Å². The molecule has 0 bridgehead atoms. The molecule has 7 nitrogen and oxygen atoms in total. The smallest absolute Gasteiger partial charge is 0.329 e. The Hall–Kier alpha value is -0.680. The predicted octanol–water partition coefficient (Wildman–Crippen LogP) is 2.77. The van der Waals surface area contributed by atoms with E-state index in [4.69, 9.17) is 16.0 Å². The maximum atomic E-state index is 12.2. The Kier molecular flexibility index (Phi) is 4.23. The summed E-state index contributed by atoms with van der Waals surface area (Å²) in [5.74, 6) is 0.385. The van der Waals surface area contributed by atoms with Crippen molar-refractivity contribution in [2.75, 3.05) is 11.3 Å². The molecule has 0 aromatic carbocycles. The molecule has 0 radical (unpaired) electrons. The third-order valence-corrected chi connectivity index (χ3v) is 7.18. The highest BCUT2D eigenvalue weighted by molar-refractivity contribution is 9.11. The van der Waals surface area contributed by atoms with E-state index in [-0.39, 0.29) is 16.3 Å². The number of hydrogen-bond acceptors (Lipinski definition) is 7. The molecule has 11 heteroatoms. The van der Waals surface area contributed by atoms with E-state index in [9.17, 15) is 8.42 Å². The van der Waals surface area contributed by atoms with Gasteiger partial charge in [-0.15, -0.1) is 16.4 Å². The van der Waals surface area contributed by atoms with Crippen LogP contribution >= 0.6 is 38.9 Å². The van der Waals surface area contributed by atoms with Crippen LogP contribution in [0.15, 0.2) is 18.5 Å². The van der Waals surface area contributed by atoms with E-state index < -0.39 is 10.0 Å². The van der Waals surface area contributed by atoms with Crippen molar-refractivity contribution in [1.29, 1.82) is 0 Å². The summed E-state index contributed by atoms with van der Waals surface area (Å²) in [5, 5.41) is 11.1. The van der Waals surface area contributed by atoms with Crippen LogP contribution in [0, 0.1) is 0 Å². The van der Waals surface area contributed by atoms with Gasteiger partial charge in [0, 0.05) is 0 Å². The summed E-state index contributed by atoms with van der Waals surface area (Å²) in [5.41, 5.74) is 0. The molecular formula is C10H10BrClN4O3S2. The number of hydrogen-bond donors (Lipinski definition) is 2. The fourth-order valence-corrected chi connectivity index (χ4v) is 5.26. The molecule has 114 valence electrons. The van der Waals surface area contributed by atoms with Crippen molar-refractivity contribution < 1.29 is 12.8 Å². The van der Waals surface area contributed by atoms with Gasteiger partial charge in [0.15, 0.2) is 0 Å². The van der Waals surface area contributed by atoms with Crippen LogP contribution in [0.5, 0.6) is 0 Å². The molecule has 3 rings (SSSR count). The molecule has 1 aliphatic rings. The molecule has 3 heterocycles. The first-order valence-electron chi connectivity index (χ1n) is 6.00. The third kappa shape index (κ3) is 3.24. The molecule has 2 N–H and O–H groups in total. The zero-order valence-electron chi connectivity index (χ0n) is 10.5. The molecule has 2 aromatic rings. The largest absolute Gasteiger partial charge is 0.406 e. The van der Waals surface area contributed by atoms with Crippen LogP contribution in [0.1, 0.15) is 24.8 Å². The standard InChI is InChI=1S/C10H10BrClN4O3S2/c11-8-5(12)4-7(20-8)21(17,18)16-10-15-14-9(19-10)6-2-1-3-13-6/h4,6,13H,1-3H2,(H,15,16). The normalized spacial score (nSPS) is 19.0. The Morgan fingerprint density at radius 1 is 1.52 bits per heavy atom. The van der Waals surface area contributed by atoms with Gasteiger partial charge in [-0.1, -0.05) is 16.7 Å². The van der Waals surface area contributed by atoms with Crippen molar-refractivity contribution in [2.24, 2.45) is 0 Å². The number of thiophene rings is 1. The van der Waals surface area contributed by atoms with Crippen molar-refractivity contribution >= 4 is 54.9 Å². The highest BCUT2D eigenvalue weighted by Gasteiger charge is 2.25. The van der Waals surface area contributed by atoms with Crippen molar-refractivity contribution in [2.45, 2.75) is 23.1 Å². The topological polar surface area (TPSA) is 97.1 Å². The monoisotopic (exact) mass is 412 g/mol. The third-order valence-electron chi connectivity index (χ3n) is 2.91. The van der Waals surface area contributed by atoms with Crippen LogP contribution in [0.3, 0.4) is 0 Å². The Bertz CT molecular complexity index is 735. The van der Waals surface area contributed by atoms with Gasteiger partial charge < -0.3 is 9.73 Å². The average molecular weight is 414 g/mol. The summed E-state index contributed by atoms with van der Waals surface area (Å²) in [6.07, 6.45) is 1.91. The van der Waals surface area contributed by atoms with Crippen molar-refractivity contribution in [3.05, 3.63) is 20.8 Å². The fraction of sp³-hybridized carbons (Fsp3) is 0.400. The molecule has 1 fully saturated rings. The summed E-state index contributed by atoms with van der Waals surface area (Å²) in [6.45, 7) is 0.885. The molecule has 0 amide bonds. The second-order valence-electron chi connectivity index (χ2n) is 4.39.